The molecule has 2 aromatic rings. The van der Waals surface area contributed by atoms with E-state index >= 15 is 0 Å². The molecule has 0 aliphatic carbocycles. The summed E-state index contributed by atoms with van der Waals surface area (Å²) >= 11 is 1.49. The number of nitrogens with one attached hydrogen (secondary N) is 1. The van der Waals surface area contributed by atoms with Crippen LogP contribution in [0, 0.1) is 20.8 Å². The molecule has 0 unspecified atom stereocenters. The van der Waals surface area contributed by atoms with E-state index in [9.17, 15) is 4.79 Å². The van der Waals surface area contributed by atoms with Crippen molar-refractivity contribution < 1.29 is 4.79 Å². The van der Waals surface area contributed by atoms with Crippen molar-refractivity contribution in [2.45, 2.75) is 25.7 Å². The van der Waals surface area contributed by atoms with Crippen LogP contribution in [0.15, 0.2) is 23.1 Å². The van der Waals surface area contributed by atoms with Crippen LogP contribution in [-0.2, 0) is 11.8 Å². The highest BCUT2D eigenvalue weighted by Crippen LogP contribution is 2.25. The average Bonchev–Trinajstić information content (AvgIpc) is 2.66. The molecule has 0 aliphatic rings. The number of nitrogen functional groups attached to an aromatic ring is 1. The van der Waals surface area contributed by atoms with Crippen molar-refractivity contribution in [2.75, 3.05) is 16.8 Å². The fourth-order valence-electron chi connectivity index (χ4n) is 2.05. The van der Waals surface area contributed by atoms with Gasteiger partial charge in [-0.15, -0.1) is 11.8 Å². The quantitative estimate of drug-likeness (QED) is 0.673. The molecule has 1 aromatic carbocycles. The van der Waals surface area contributed by atoms with Crippen molar-refractivity contribution in [2.24, 2.45) is 7.05 Å². The zero-order valence-corrected chi connectivity index (χ0v) is 13.5. The highest BCUT2D eigenvalue weighted by Gasteiger charge is 2.13. The Bertz CT molecular complexity index is 679. The lowest BCUT2D eigenvalue weighted by Crippen LogP contribution is -2.15. The smallest absolute Gasteiger partial charge is 0.234 e. The van der Waals surface area contributed by atoms with E-state index in [1.807, 2.05) is 46.0 Å². The lowest BCUT2D eigenvalue weighted by molar-refractivity contribution is -0.113. The van der Waals surface area contributed by atoms with Crippen molar-refractivity contribution >= 4 is 29.0 Å². The molecule has 112 valence electrons. The fourth-order valence-corrected chi connectivity index (χ4v) is 2.92. The Labute approximate surface area is 128 Å². The van der Waals surface area contributed by atoms with Gasteiger partial charge in [0.15, 0.2) is 0 Å². The van der Waals surface area contributed by atoms with E-state index in [4.69, 9.17) is 5.73 Å². The molecule has 0 saturated heterocycles. The summed E-state index contributed by atoms with van der Waals surface area (Å²) in [6, 6.07) is 5.72. The number of amides is 1. The van der Waals surface area contributed by atoms with E-state index in [1.54, 1.807) is 4.68 Å². The van der Waals surface area contributed by atoms with Crippen LogP contribution in [0.1, 0.15) is 17.0 Å². The van der Waals surface area contributed by atoms with Crippen molar-refractivity contribution in [3.63, 3.8) is 0 Å². The number of nitrogens with zero attached hydrogens (tertiary/aromatic N) is 2. The molecular weight excluding hydrogens is 284 g/mol. The van der Waals surface area contributed by atoms with Gasteiger partial charge in [0, 0.05) is 17.6 Å². The lowest BCUT2D eigenvalue weighted by atomic mass is 10.2. The number of rotatable bonds is 4. The molecule has 1 aromatic heterocycles. The Balaban J connectivity index is 2.01. The van der Waals surface area contributed by atoms with Crippen molar-refractivity contribution in [1.29, 1.82) is 0 Å². The molecule has 6 heteroatoms. The second kappa shape index (κ2) is 6.22. The molecule has 5 nitrogen and oxygen atoms in total. The predicted octanol–water partition coefficient (Wildman–Crippen LogP) is 2.66. The normalized spacial score (nSPS) is 10.7. The predicted molar refractivity (Wildman–Crippen MR) is 87.6 cm³/mol. The Hall–Kier alpha value is -1.95. The summed E-state index contributed by atoms with van der Waals surface area (Å²) in [5.41, 5.74) is 10.2. The van der Waals surface area contributed by atoms with E-state index in [0.29, 0.717) is 11.4 Å². The number of carbonyl (C=O) groups excluding carboxylic acids is 1. The lowest BCUT2D eigenvalue weighted by Gasteiger charge is -2.08. The van der Waals surface area contributed by atoms with Crippen LogP contribution in [0.5, 0.6) is 0 Å². The molecule has 1 heterocycles. The third-order valence-electron chi connectivity index (χ3n) is 3.34. The second-order valence-electron chi connectivity index (χ2n) is 5.03. The van der Waals surface area contributed by atoms with Crippen molar-refractivity contribution in [1.82, 2.24) is 9.78 Å². The Morgan fingerprint density at radius 3 is 2.71 bits per heavy atom. The highest BCUT2D eigenvalue weighted by molar-refractivity contribution is 8.00. The molecule has 0 fully saturated rings. The fraction of sp³-hybridized carbons (Fsp3) is 0.333. The summed E-state index contributed by atoms with van der Waals surface area (Å²) in [6.07, 6.45) is 0. The Morgan fingerprint density at radius 2 is 2.10 bits per heavy atom. The molecule has 0 aliphatic heterocycles. The number of aromatic nitrogens is 2. The topological polar surface area (TPSA) is 72.9 Å². The third kappa shape index (κ3) is 3.58. The monoisotopic (exact) mass is 304 g/mol. The zero-order valence-electron chi connectivity index (χ0n) is 12.7. The van der Waals surface area contributed by atoms with Gasteiger partial charge in [-0.1, -0.05) is 6.07 Å². The molecular formula is C15H20N4OS. The summed E-state index contributed by atoms with van der Waals surface area (Å²) < 4.78 is 1.76. The Kier molecular flexibility index (Phi) is 4.57. The van der Waals surface area contributed by atoms with E-state index in [-0.39, 0.29) is 5.91 Å². The number of anilines is 2. The summed E-state index contributed by atoms with van der Waals surface area (Å²) in [7, 11) is 1.86. The first kappa shape index (κ1) is 15.4. The van der Waals surface area contributed by atoms with Crippen LogP contribution in [0.4, 0.5) is 11.4 Å². The molecule has 0 radical (unpaired) electrons. The van der Waals surface area contributed by atoms with Gasteiger partial charge in [-0.2, -0.15) is 5.10 Å². The molecule has 0 atom stereocenters. The van der Waals surface area contributed by atoms with Gasteiger partial charge in [0.25, 0.3) is 0 Å². The van der Waals surface area contributed by atoms with Crippen molar-refractivity contribution in [3.8, 4) is 0 Å². The second-order valence-corrected chi connectivity index (χ2v) is 6.05. The SMILES string of the molecule is Cc1ccc(N)cc1SCC(=O)Nc1c(C)nn(C)c1C. The third-order valence-corrected chi connectivity index (χ3v) is 4.50. The Morgan fingerprint density at radius 1 is 1.38 bits per heavy atom. The van der Waals surface area contributed by atoms with Crippen LogP contribution in [-0.4, -0.2) is 21.4 Å². The van der Waals surface area contributed by atoms with Gasteiger partial charge in [-0.25, -0.2) is 0 Å². The van der Waals surface area contributed by atoms with E-state index in [1.165, 1.54) is 11.8 Å². The summed E-state index contributed by atoms with van der Waals surface area (Å²) in [4.78, 5) is 13.1. The van der Waals surface area contributed by atoms with Gasteiger partial charge in [0.05, 0.1) is 22.8 Å². The van der Waals surface area contributed by atoms with E-state index in [2.05, 4.69) is 10.4 Å². The first-order valence-electron chi connectivity index (χ1n) is 6.67. The maximum Gasteiger partial charge on any atom is 0.234 e. The molecule has 2 rings (SSSR count). The van der Waals surface area contributed by atoms with Crippen LogP contribution >= 0.6 is 11.8 Å². The van der Waals surface area contributed by atoms with Gasteiger partial charge in [-0.3, -0.25) is 9.48 Å². The maximum atomic E-state index is 12.1. The molecule has 1 amide bonds. The minimum absolute atomic E-state index is 0.0407. The van der Waals surface area contributed by atoms with Crippen LogP contribution < -0.4 is 11.1 Å². The van der Waals surface area contributed by atoms with Crippen LogP contribution in [0.25, 0.3) is 0 Å². The average molecular weight is 304 g/mol. The first-order chi connectivity index (χ1) is 9.88. The molecule has 3 N–H and O–H groups in total. The van der Waals surface area contributed by atoms with E-state index < -0.39 is 0 Å². The number of thioether (sulfide) groups is 1. The standard InChI is InChI=1S/C15H20N4OS/c1-9-5-6-12(16)7-13(9)21-8-14(20)17-15-10(2)18-19(4)11(15)3/h5-7H,8,16H2,1-4H3,(H,17,20). The minimum Gasteiger partial charge on any atom is -0.399 e. The molecule has 0 bridgehead atoms. The summed E-state index contributed by atoms with van der Waals surface area (Å²) in [5.74, 6) is 0.305. The van der Waals surface area contributed by atoms with E-state index in [0.717, 1.165) is 27.5 Å². The molecule has 21 heavy (non-hydrogen) atoms. The summed E-state index contributed by atoms with van der Waals surface area (Å²) in [5, 5.41) is 7.22. The number of hydrogen-bond donors (Lipinski definition) is 2. The number of hydrogen-bond acceptors (Lipinski definition) is 4. The maximum absolute atomic E-state index is 12.1. The minimum atomic E-state index is -0.0407. The molecule has 0 spiro atoms. The van der Waals surface area contributed by atoms with Gasteiger partial charge in [-0.05, 0) is 38.5 Å². The summed E-state index contributed by atoms with van der Waals surface area (Å²) in [6.45, 7) is 5.83. The number of aryl methyl sites for hydroxylation is 3. The van der Waals surface area contributed by atoms with Gasteiger partial charge in [0.1, 0.15) is 0 Å². The van der Waals surface area contributed by atoms with Gasteiger partial charge < -0.3 is 11.1 Å². The van der Waals surface area contributed by atoms with Crippen LogP contribution in [0.3, 0.4) is 0 Å². The van der Waals surface area contributed by atoms with Gasteiger partial charge in [0.2, 0.25) is 5.91 Å². The largest absolute Gasteiger partial charge is 0.399 e. The first-order valence-corrected chi connectivity index (χ1v) is 7.66. The number of carbonyl (C=O) groups is 1. The van der Waals surface area contributed by atoms with Crippen LogP contribution in [0.2, 0.25) is 0 Å². The molecule has 0 saturated carbocycles. The van der Waals surface area contributed by atoms with Gasteiger partial charge >= 0.3 is 0 Å². The van der Waals surface area contributed by atoms with Crippen molar-refractivity contribution in [3.05, 3.63) is 35.2 Å². The highest BCUT2D eigenvalue weighted by atomic mass is 32.2. The number of nitrogens with two attached hydrogens (primary N) is 1. The number of benzene rings is 1. The zero-order chi connectivity index (χ0) is 15.6.